The van der Waals surface area contributed by atoms with Gasteiger partial charge in [0.2, 0.25) is 0 Å². The summed E-state index contributed by atoms with van der Waals surface area (Å²) in [5.41, 5.74) is 0.247. The van der Waals surface area contributed by atoms with E-state index in [0.29, 0.717) is 12.4 Å². The van der Waals surface area contributed by atoms with Gasteiger partial charge in [-0.3, -0.25) is 0 Å². The van der Waals surface area contributed by atoms with Gasteiger partial charge in [0, 0.05) is 0 Å². The maximum atomic E-state index is 10.7. The molecule has 1 aromatic carbocycles. The number of benzene rings is 1. The molecule has 0 atom stereocenters. The van der Waals surface area contributed by atoms with Crippen LogP contribution in [0.25, 0.3) is 0 Å². The molecule has 1 N–H and O–H groups in total. The highest BCUT2D eigenvalue weighted by molar-refractivity contribution is 5.87. The van der Waals surface area contributed by atoms with Gasteiger partial charge in [-0.2, -0.15) is 0 Å². The fourth-order valence-electron chi connectivity index (χ4n) is 1.14. The van der Waals surface area contributed by atoms with Gasteiger partial charge in [0.05, 0.1) is 12.2 Å². The topological polar surface area (TPSA) is 46.5 Å². The molecule has 0 saturated heterocycles. The van der Waals surface area contributed by atoms with E-state index in [1.807, 2.05) is 6.08 Å². The first kappa shape index (κ1) is 11.3. The Labute approximate surface area is 89.0 Å². The fraction of sp³-hybridized carbons (Fsp3) is 0.250. The summed E-state index contributed by atoms with van der Waals surface area (Å²) < 4.78 is 5.39. The van der Waals surface area contributed by atoms with Gasteiger partial charge in [0.25, 0.3) is 0 Å². The monoisotopic (exact) mass is 206 g/mol. The van der Waals surface area contributed by atoms with Gasteiger partial charge in [-0.15, -0.1) is 6.58 Å². The third kappa shape index (κ3) is 3.85. The molecule has 0 unspecified atom stereocenters. The number of rotatable bonds is 6. The van der Waals surface area contributed by atoms with E-state index in [2.05, 4.69) is 6.58 Å². The molecule has 0 saturated carbocycles. The zero-order valence-corrected chi connectivity index (χ0v) is 8.48. The van der Waals surface area contributed by atoms with Crippen molar-refractivity contribution in [3.05, 3.63) is 42.5 Å². The Morgan fingerprint density at radius 1 is 1.53 bits per heavy atom. The molecule has 0 aliphatic carbocycles. The molecule has 0 bridgehead atoms. The minimum absolute atomic E-state index is 0.247. The Balaban J connectivity index is 2.50. The first-order chi connectivity index (χ1) is 7.24. The van der Waals surface area contributed by atoms with Crippen molar-refractivity contribution < 1.29 is 14.6 Å². The quantitative estimate of drug-likeness (QED) is 0.575. The zero-order valence-electron chi connectivity index (χ0n) is 8.48. The maximum Gasteiger partial charge on any atom is 0.335 e. The predicted octanol–water partition coefficient (Wildman–Crippen LogP) is 2.73. The highest BCUT2D eigenvalue weighted by Gasteiger charge is 2.03. The van der Waals surface area contributed by atoms with Crippen molar-refractivity contribution in [1.82, 2.24) is 0 Å². The zero-order chi connectivity index (χ0) is 11.1. The van der Waals surface area contributed by atoms with Crippen molar-refractivity contribution >= 4 is 5.97 Å². The van der Waals surface area contributed by atoms with E-state index in [0.717, 1.165) is 12.8 Å². The second kappa shape index (κ2) is 5.86. The maximum absolute atomic E-state index is 10.7. The second-order valence-electron chi connectivity index (χ2n) is 3.11. The number of allylic oxidation sites excluding steroid dienone is 1. The van der Waals surface area contributed by atoms with Crippen LogP contribution in [0.2, 0.25) is 0 Å². The molecule has 1 rings (SSSR count). The number of ether oxygens (including phenoxy) is 1. The molecule has 3 nitrogen and oxygen atoms in total. The molecule has 0 aliphatic heterocycles. The van der Waals surface area contributed by atoms with Gasteiger partial charge in [-0.25, -0.2) is 4.79 Å². The molecule has 3 heteroatoms. The largest absolute Gasteiger partial charge is 0.494 e. The lowest BCUT2D eigenvalue weighted by Crippen LogP contribution is -1.99. The normalized spacial score (nSPS) is 9.60. The van der Waals surface area contributed by atoms with E-state index in [4.69, 9.17) is 9.84 Å². The first-order valence-electron chi connectivity index (χ1n) is 4.81. The Kier molecular flexibility index (Phi) is 4.41. The summed E-state index contributed by atoms with van der Waals surface area (Å²) in [4.78, 5) is 10.7. The number of carboxylic acid groups (broad SMARTS) is 1. The van der Waals surface area contributed by atoms with E-state index < -0.39 is 5.97 Å². The molecule has 0 aliphatic rings. The van der Waals surface area contributed by atoms with Crippen LogP contribution in [0.1, 0.15) is 23.2 Å². The van der Waals surface area contributed by atoms with Gasteiger partial charge in [0.1, 0.15) is 5.75 Å². The predicted molar refractivity (Wildman–Crippen MR) is 58.3 cm³/mol. The third-order valence-corrected chi connectivity index (χ3v) is 1.90. The number of hydrogen-bond donors (Lipinski definition) is 1. The molecule has 80 valence electrons. The summed E-state index contributed by atoms with van der Waals surface area (Å²) in [7, 11) is 0. The molecular formula is C12H14O3. The highest BCUT2D eigenvalue weighted by Crippen LogP contribution is 2.13. The Hall–Kier alpha value is -1.77. The lowest BCUT2D eigenvalue weighted by atomic mass is 10.2. The van der Waals surface area contributed by atoms with Crippen LogP contribution in [0.15, 0.2) is 36.9 Å². The smallest absolute Gasteiger partial charge is 0.335 e. The standard InChI is InChI=1S/C12H14O3/c1-2-3-4-8-15-11-7-5-6-10(9-11)12(13)14/h2,5-7,9H,1,3-4,8H2,(H,13,14). The molecule has 0 fully saturated rings. The SMILES string of the molecule is C=CCCCOc1cccc(C(=O)O)c1. The number of carboxylic acids is 1. The molecule has 0 aromatic heterocycles. The average molecular weight is 206 g/mol. The molecule has 0 spiro atoms. The van der Waals surface area contributed by atoms with Crippen LogP contribution in [-0.2, 0) is 0 Å². The molecular weight excluding hydrogens is 192 g/mol. The summed E-state index contributed by atoms with van der Waals surface area (Å²) in [6.07, 6.45) is 3.62. The van der Waals surface area contributed by atoms with Crippen molar-refractivity contribution in [3.63, 3.8) is 0 Å². The average Bonchev–Trinajstić information content (AvgIpc) is 2.25. The minimum atomic E-state index is -0.938. The van der Waals surface area contributed by atoms with Crippen molar-refractivity contribution in [2.24, 2.45) is 0 Å². The summed E-state index contributed by atoms with van der Waals surface area (Å²) in [5.74, 6) is -0.342. The van der Waals surface area contributed by atoms with Crippen LogP contribution in [0.4, 0.5) is 0 Å². The van der Waals surface area contributed by atoms with Crippen LogP contribution < -0.4 is 4.74 Å². The molecule has 15 heavy (non-hydrogen) atoms. The van der Waals surface area contributed by atoms with E-state index in [9.17, 15) is 4.79 Å². The van der Waals surface area contributed by atoms with E-state index in [-0.39, 0.29) is 5.56 Å². The summed E-state index contributed by atoms with van der Waals surface area (Å²) in [5, 5.41) is 8.75. The van der Waals surface area contributed by atoms with E-state index in [1.54, 1.807) is 18.2 Å². The summed E-state index contributed by atoms with van der Waals surface area (Å²) in [6, 6.07) is 6.49. The van der Waals surface area contributed by atoms with Crippen LogP contribution in [0, 0.1) is 0 Å². The second-order valence-corrected chi connectivity index (χ2v) is 3.11. The molecule has 0 amide bonds. The number of unbranched alkanes of at least 4 members (excludes halogenated alkanes) is 1. The van der Waals surface area contributed by atoms with Gasteiger partial charge >= 0.3 is 5.97 Å². The van der Waals surface area contributed by atoms with Gasteiger partial charge < -0.3 is 9.84 Å². The minimum Gasteiger partial charge on any atom is -0.494 e. The van der Waals surface area contributed by atoms with Crippen molar-refractivity contribution in [1.29, 1.82) is 0 Å². The molecule has 0 radical (unpaired) electrons. The molecule has 1 aromatic rings. The molecule has 0 heterocycles. The Morgan fingerprint density at radius 2 is 2.33 bits per heavy atom. The van der Waals surface area contributed by atoms with E-state index in [1.165, 1.54) is 6.07 Å². The van der Waals surface area contributed by atoms with Gasteiger partial charge in [-0.1, -0.05) is 12.1 Å². The van der Waals surface area contributed by atoms with Crippen LogP contribution in [0.5, 0.6) is 5.75 Å². The summed E-state index contributed by atoms with van der Waals surface area (Å²) >= 11 is 0. The van der Waals surface area contributed by atoms with Crippen LogP contribution in [0.3, 0.4) is 0 Å². The number of hydrogen-bond acceptors (Lipinski definition) is 2. The summed E-state index contributed by atoms with van der Waals surface area (Å²) in [6.45, 7) is 4.19. The Bertz CT molecular complexity index is 344. The van der Waals surface area contributed by atoms with Crippen LogP contribution in [-0.4, -0.2) is 17.7 Å². The van der Waals surface area contributed by atoms with Crippen LogP contribution >= 0.6 is 0 Å². The fourth-order valence-corrected chi connectivity index (χ4v) is 1.14. The number of carbonyl (C=O) groups is 1. The van der Waals surface area contributed by atoms with Crippen molar-refractivity contribution in [2.45, 2.75) is 12.8 Å². The van der Waals surface area contributed by atoms with Crippen molar-refractivity contribution in [2.75, 3.05) is 6.61 Å². The lowest BCUT2D eigenvalue weighted by molar-refractivity contribution is 0.0696. The van der Waals surface area contributed by atoms with Gasteiger partial charge in [0.15, 0.2) is 0 Å². The Morgan fingerprint density at radius 3 is 3.00 bits per heavy atom. The number of aromatic carboxylic acids is 1. The third-order valence-electron chi connectivity index (χ3n) is 1.90. The van der Waals surface area contributed by atoms with E-state index >= 15 is 0 Å². The highest BCUT2D eigenvalue weighted by atomic mass is 16.5. The van der Waals surface area contributed by atoms with Gasteiger partial charge in [-0.05, 0) is 31.0 Å². The van der Waals surface area contributed by atoms with Crippen molar-refractivity contribution in [3.8, 4) is 5.75 Å². The first-order valence-corrected chi connectivity index (χ1v) is 4.81. The lowest BCUT2D eigenvalue weighted by Gasteiger charge is -2.05.